The molecule has 0 saturated heterocycles. The third-order valence-electron chi connectivity index (χ3n) is 3.87. The monoisotopic (exact) mass is 407 g/mol. The summed E-state index contributed by atoms with van der Waals surface area (Å²) in [7, 11) is 3.22. The maximum Gasteiger partial charge on any atom is 0.238 e. The molecule has 0 bridgehead atoms. The Morgan fingerprint density at radius 1 is 1.11 bits per heavy atom. The average molecular weight is 408 g/mol. The van der Waals surface area contributed by atoms with Gasteiger partial charge in [-0.3, -0.25) is 15.6 Å². The highest BCUT2D eigenvalue weighted by molar-refractivity contribution is 7.80. The molecule has 0 aliphatic carbocycles. The SMILES string of the molecule is COc1ccc(CCNC(=S)NNC(=O)CCCc2cccs2)cc1OC. The minimum Gasteiger partial charge on any atom is -0.493 e. The van der Waals surface area contributed by atoms with Crippen LogP contribution in [0, 0.1) is 0 Å². The van der Waals surface area contributed by atoms with Crippen molar-refractivity contribution in [2.45, 2.75) is 25.7 Å². The number of carbonyl (C=O) groups excluding carboxylic acids is 1. The van der Waals surface area contributed by atoms with Gasteiger partial charge in [-0.2, -0.15) is 0 Å². The Kier molecular flexibility index (Phi) is 8.86. The van der Waals surface area contributed by atoms with Crippen molar-refractivity contribution in [2.24, 2.45) is 0 Å². The van der Waals surface area contributed by atoms with Gasteiger partial charge < -0.3 is 14.8 Å². The van der Waals surface area contributed by atoms with Gasteiger partial charge in [-0.15, -0.1) is 11.3 Å². The number of ether oxygens (including phenoxy) is 2. The van der Waals surface area contributed by atoms with Crippen LogP contribution in [0.3, 0.4) is 0 Å². The quantitative estimate of drug-likeness (QED) is 0.439. The lowest BCUT2D eigenvalue weighted by molar-refractivity contribution is -0.121. The number of benzene rings is 1. The summed E-state index contributed by atoms with van der Waals surface area (Å²) >= 11 is 6.88. The number of nitrogens with one attached hydrogen (secondary N) is 3. The van der Waals surface area contributed by atoms with Crippen LogP contribution < -0.4 is 25.6 Å². The second-order valence-electron chi connectivity index (χ2n) is 5.80. The molecule has 0 radical (unpaired) electrons. The molecule has 2 rings (SSSR count). The normalized spacial score (nSPS) is 10.1. The van der Waals surface area contributed by atoms with Crippen molar-refractivity contribution >= 4 is 34.6 Å². The van der Waals surface area contributed by atoms with Gasteiger partial charge in [0.1, 0.15) is 0 Å². The molecule has 0 unspecified atom stereocenters. The van der Waals surface area contributed by atoms with Gasteiger partial charge in [-0.25, -0.2) is 0 Å². The highest BCUT2D eigenvalue weighted by Crippen LogP contribution is 2.27. The summed E-state index contributed by atoms with van der Waals surface area (Å²) in [5.41, 5.74) is 6.45. The Morgan fingerprint density at radius 2 is 1.93 bits per heavy atom. The molecule has 1 aromatic carbocycles. The molecular weight excluding hydrogens is 382 g/mol. The standard InChI is InChI=1S/C19H25N3O3S2/c1-24-16-9-8-14(13-17(16)25-2)10-11-20-19(26)22-21-18(23)7-3-5-15-6-4-12-27-15/h4,6,8-9,12-13H,3,5,7,10-11H2,1-2H3,(H,21,23)(H2,20,22,26). The lowest BCUT2D eigenvalue weighted by atomic mass is 10.1. The van der Waals surface area contributed by atoms with E-state index in [0.29, 0.717) is 29.6 Å². The fourth-order valence-electron chi connectivity index (χ4n) is 2.47. The first-order valence-corrected chi connectivity index (χ1v) is 9.97. The molecule has 0 saturated carbocycles. The molecule has 27 heavy (non-hydrogen) atoms. The van der Waals surface area contributed by atoms with Gasteiger partial charge in [0.15, 0.2) is 16.6 Å². The van der Waals surface area contributed by atoms with E-state index in [-0.39, 0.29) is 5.91 Å². The molecule has 146 valence electrons. The largest absolute Gasteiger partial charge is 0.493 e. The molecular formula is C19H25N3O3S2. The predicted octanol–water partition coefficient (Wildman–Crippen LogP) is 2.83. The summed E-state index contributed by atoms with van der Waals surface area (Å²) in [5, 5.41) is 5.50. The fraction of sp³-hybridized carbons (Fsp3) is 0.368. The Morgan fingerprint density at radius 3 is 2.63 bits per heavy atom. The zero-order chi connectivity index (χ0) is 19.5. The topological polar surface area (TPSA) is 71.6 Å². The average Bonchev–Trinajstić information content (AvgIpc) is 3.19. The van der Waals surface area contributed by atoms with Gasteiger partial charge in [-0.05, 0) is 60.6 Å². The van der Waals surface area contributed by atoms with E-state index in [1.165, 1.54) is 4.88 Å². The lowest BCUT2D eigenvalue weighted by Gasteiger charge is -2.12. The molecule has 2 aromatic rings. The summed E-state index contributed by atoms with van der Waals surface area (Å²) in [4.78, 5) is 13.1. The van der Waals surface area contributed by atoms with E-state index in [1.54, 1.807) is 25.6 Å². The van der Waals surface area contributed by atoms with E-state index in [4.69, 9.17) is 21.7 Å². The van der Waals surface area contributed by atoms with E-state index in [9.17, 15) is 4.79 Å². The summed E-state index contributed by atoms with van der Waals surface area (Å²) in [6.45, 7) is 0.634. The van der Waals surface area contributed by atoms with Crippen LogP contribution in [0.4, 0.5) is 0 Å². The molecule has 0 aliphatic heterocycles. The summed E-state index contributed by atoms with van der Waals surface area (Å²) in [6.07, 6.45) is 2.95. The maximum atomic E-state index is 11.8. The lowest BCUT2D eigenvalue weighted by Crippen LogP contribution is -2.47. The van der Waals surface area contributed by atoms with Crippen LogP contribution in [-0.4, -0.2) is 31.8 Å². The van der Waals surface area contributed by atoms with Crippen LogP contribution in [0.5, 0.6) is 11.5 Å². The van der Waals surface area contributed by atoms with Crippen LogP contribution in [0.1, 0.15) is 23.3 Å². The third-order valence-corrected chi connectivity index (χ3v) is 5.05. The first-order valence-electron chi connectivity index (χ1n) is 8.68. The van der Waals surface area contributed by atoms with Crippen molar-refractivity contribution in [3.8, 4) is 11.5 Å². The van der Waals surface area contributed by atoms with E-state index in [0.717, 1.165) is 24.8 Å². The van der Waals surface area contributed by atoms with Gasteiger partial charge in [0.25, 0.3) is 0 Å². The predicted molar refractivity (Wildman–Crippen MR) is 112 cm³/mol. The highest BCUT2D eigenvalue weighted by Gasteiger charge is 2.05. The molecule has 0 atom stereocenters. The second-order valence-corrected chi connectivity index (χ2v) is 7.24. The van der Waals surface area contributed by atoms with Gasteiger partial charge in [0, 0.05) is 17.8 Å². The fourth-order valence-corrected chi connectivity index (χ4v) is 3.37. The molecule has 0 aliphatic rings. The summed E-state index contributed by atoms with van der Waals surface area (Å²) < 4.78 is 10.5. The van der Waals surface area contributed by atoms with E-state index < -0.39 is 0 Å². The number of rotatable bonds is 9. The molecule has 3 N–H and O–H groups in total. The van der Waals surface area contributed by atoms with E-state index >= 15 is 0 Å². The number of hydrogen-bond donors (Lipinski definition) is 3. The van der Waals surface area contributed by atoms with Crippen molar-refractivity contribution < 1.29 is 14.3 Å². The Balaban J connectivity index is 1.61. The number of amides is 1. The van der Waals surface area contributed by atoms with Gasteiger partial charge >= 0.3 is 0 Å². The summed E-state index contributed by atoms with van der Waals surface area (Å²) in [6, 6.07) is 9.90. The number of thiophene rings is 1. The third kappa shape index (κ3) is 7.44. The first kappa shape index (κ1) is 21.0. The highest BCUT2D eigenvalue weighted by atomic mass is 32.1. The Bertz CT molecular complexity index is 736. The minimum absolute atomic E-state index is 0.0735. The molecule has 6 nitrogen and oxygen atoms in total. The number of hydrogen-bond acceptors (Lipinski definition) is 5. The van der Waals surface area contributed by atoms with Gasteiger partial charge in [-0.1, -0.05) is 12.1 Å². The molecule has 0 fully saturated rings. The molecule has 1 heterocycles. The number of methoxy groups -OCH3 is 2. The van der Waals surface area contributed by atoms with Crippen LogP contribution >= 0.6 is 23.6 Å². The molecule has 1 amide bonds. The van der Waals surface area contributed by atoms with E-state index in [2.05, 4.69) is 22.2 Å². The summed E-state index contributed by atoms with van der Waals surface area (Å²) in [5.74, 6) is 1.33. The van der Waals surface area contributed by atoms with Crippen molar-refractivity contribution in [1.82, 2.24) is 16.2 Å². The second kappa shape index (κ2) is 11.4. The van der Waals surface area contributed by atoms with Gasteiger partial charge in [0.05, 0.1) is 14.2 Å². The van der Waals surface area contributed by atoms with Crippen LogP contribution in [0.25, 0.3) is 0 Å². The zero-order valence-electron chi connectivity index (χ0n) is 15.5. The van der Waals surface area contributed by atoms with Crippen molar-refractivity contribution in [1.29, 1.82) is 0 Å². The minimum atomic E-state index is -0.0735. The van der Waals surface area contributed by atoms with Crippen LogP contribution in [0.2, 0.25) is 0 Å². The number of aryl methyl sites for hydroxylation is 1. The molecule has 0 spiro atoms. The number of thiocarbonyl (C=S) groups is 1. The van der Waals surface area contributed by atoms with Crippen LogP contribution in [-0.2, 0) is 17.6 Å². The van der Waals surface area contributed by atoms with Crippen molar-refractivity contribution in [3.05, 3.63) is 46.2 Å². The maximum absolute atomic E-state index is 11.8. The first-order chi connectivity index (χ1) is 13.1. The van der Waals surface area contributed by atoms with Crippen molar-refractivity contribution in [2.75, 3.05) is 20.8 Å². The Hall–Kier alpha value is -2.32. The number of carbonyl (C=O) groups is 1. The molecule has 8 heteroatoms. The zero-order valence-corrected chi connectivity index (χ0v) is 17.2. The molecule has 1 aromatic heterocycles. The smallest absolute Gasteiger partial charge is 0.238 e. The van der Waals surface area contributed by atoms with Crippen LogP contribution in [0.15, 0.2) is 35.7 Å². The van der Waals surface area contributed by atoms with E-state index in [1.807, 2.05) is 29.6 Å². The number of hydrazine groups is 1. The van der Waals surface area contributed by atoms with Crippen molar-refractivity contribution in [3.63, 3.8) is 0 Å². The Labute approximate surface area is 169 Å². The van der Waals surface area contributed by atoms with Gasteiger partial charge in [0.2, 0.25) is 5.91 Å².